The molecule has 21 heavy (non-hydrogen) atoms. The number of hydrogen-bond acceptors (Lipinski definition) is 3. The first kappa shape index (κ1) is 16.3. The van der Waals surface area contributed by atoms with E-state index in [1.807, 2.05) is 42.1 Å². The molecule has 3 unspecified atom stereocenters. The van der Waals surface area contributed by atoms with E-state index in [-0.39, 0.29) is 16.9 Å². The highest BCUT2D eigenvalue weighted by Crippen LogP contribution is 2.30. The second kappa shape index (κ2) is 7.80. The van der Waals surface area contributed by atoms with Gasteiger partial charge in [-0.25, -0.2) is 0 Å². The Labute approximate surface area is 136 Å². The number of hydrogen-bond donors (Lipinski definition) is 2. The number of rotatable bonds is 6. The van der Waals surface area contributed by atoms with E-state index >= 15 is 0 Å². The lowest BCUT2D eigenvalue weighted by atomic mass is 9.98. The molecule has 0 aliphatic heterocycles. The minimum atomic E-state index is -0.533. The van der Waals surface area contributed by atoms with Crippen molar-refractivity contribution in [2.45, 2.75) is 43.4 Å². The largest absolute Gasteiger partial charge is 0.392 e. The van der Waals surface area contributed by atoms with Gasteiger partial charge in [0, 0.05) is 11.3 Å². The van der Waals surface area contributed by atoms with Gasteiger partial charge in [0.25, 0.3) is 0 Å². The van der Waals surface area contributed by atoms with Gasteiger partial charge in [-0.15, -0.1) is 0 Å². The topological polar surface area (TPSA) is 55.1 Å². The molecular weight excluding hydrogens is 300 g/mol. The molecule has 0 radical (unpaired) electrons. The van der Waals surface area contributed by atoms with Crippen LogP contribution in [0.15, 0.2) is 30.3 Å². The molecule has 3 N–H and O–H groups in total. The Morgan fingerprint density at radius 3 is 2.76 bits per heavy atom. The number of carbonyl (C=O) groups excluding carboxylic acids is 1. The van der Waals surface area contributed by atoms with Gasteiger partial charge in [-0.1, -0.05) is 55.9 Å². The first-order chi connectivity index (χ1) is 10.1. The van der Waals surface area contributed by atoms with E-state index in [1.54, 1.807) is 0 Å². The van der Waals surface area contributed by atoms with Crippen LogP contribution in [0.2, 0.25) is 0 Å². The van der Waals surface area contributed by atoms with Crippen LogP contribution in [0.25, 0.3) is 0 Å². The second-order valence-corrected chi connectivity index (χ2v) is 7.27. The normalized spacial score (nSPS) is 22.7. The minimum Gasteiger partial charge on any atom is -0.392 e. The molecule has 114 valence electrons. The molecule has 0 spiro atoms. The van der Waals surface area contributed by atoms with E-state index in [0.717, 1.165) is 17.7 Å². The Balaban J connectivity index is 2.08. The third kappa shape index (κ3) is 4.20. The second-order valence-electron chi connectivity index (χ2n) is 5.29. The standard InChI is InChI=1S/C16H22N2OS2/c1-2-21-13-10-6-9-12(13)18-16(19)14(15(17)20)11-7-4-3-5-8-11/h3-5,7-8,12-14H,2,6,9-10H2,1H3,(H2,17,20)(H,18,19). The van der Waals surface area contributed by atoms with Crippen LogP contribution in [0.4, 0.5) is 0 Å². The van der Waals surface area contributed by atoms with Crippen LogP contribution >= 0.6 is 24.0 Å². The number of thiocarbonyl (C=S) groups is 1. The summed E-state index contributed by atoms with van der Waals surface area (Å²) >= 11 is 7.03. The molecule has 0 bridgehead atoms. The molecule has 1 saturated carbocycles. The third-order valence-electron chi connectivity index (χ3n) is 3.84. The van der Waals surface area contributed by atoms with Crippen LogP contribution in [0.5, 0.6) is 0 Å². The predicted octanol–water partition coefficient (Wildman–Crippen LogP) is 2.85. The predicted molar refractivity (Wildman–Crippen MR) is 93.7 cm³/mol. The molecule has 1 aliphatic carbocycles. The third-order valence-corrected chi connectivity index (χ3v) is 5.40. The zero-order chi connectivity index (χ0) is 15.2. The summed E-state index contributed by atoms with van der Waals surface area (Å²) in [6.07, 6.45) is 3.39. The van der Waals surface area contributed by atoms with Crippen LogP contribution in [-0.4, -0.2) is 27.9 Å². The molecule has 1 aromatic carbocycles. The summed E-state index contributed by atoms with van der Waals surface area (Å²) in [5.41, 5.74) is 6.66. The number of nitrogens with two attached hydrogens (primary N) is 1. The highest BCUT2D eigenvalue weighted by atomic mass is 32.2. The Morgan fingerprint density at radius 1 is 1.43 bits per heavy atom. The molecule has 3 nitrogen and oxygen atoms in total. The van der Waals surface area contributed by atoms with Gasteiger partial charge in [0.15, 0.2) is 0 Å². The fourth-order valence-electron chi connectivity index (χ4n) is 2.86. The van der Waals surface area contributed by atoms with Crippen molar-refractivity contribution in [1.82, 2.24) is 5.32 Å². The average Bonchev–Trinajstić information content (AvgIpc) is 2.87. The first-order valence-electron chi connectivity index (χ1n) is 7.39. The smallest absolute Gasteiger partial charge is 0.234 e. The van der Waals surface area contributed by atoms with Crippen molar-refractivity contribution in [2.75, 3.05) is 5.75 Å². The number of benzene rings is 1. The Morgan fingerprint density at radius 2 is 2.14 bits per heavy atom. The van der Waals surface area contributed by atoms with Crippen LogP contribution in [-0.2, 0) is 4.79 Å². The Hall–Kier alpha value is -1.07. The monoisotopic (exact) mass is 322 g/mol. The lowest BCUT2D eigenvalue weighted by Crippen LogP contribution is -2.44. The van der Waals surface area contributed by atoms with Gasteiger partial charge in [0.1, 0.15) is 5.92 Å². The number of carbonyl (C=O) groups is 1. The summed E-state index contributed by atoms with van der Waals surface area (Å²) in [7, 11) is 0. The fraction of sp³-hybridized carbons (Fsp3) is 0.500. The first-order valence-corrected chi connectivity index (χ1v) is 8.85. The van der Waals surface area contributed by atoms with Gasteiger partial charge in [0.2, 0.25) is 5.91 Å². The molecule has 0 heterocycles. The highest BCUT2D eigenvalue weighted by Gasteiger charge is 2.31. The Bertz CT molecular complexity index is 492. The molecule has 5 heteroatoms. The lowest BCUT2D eigenvalue weighted by molar-refractivity contribution is -0.121. The van der Waals surface area contributed by atoms with Crippen LogP contribution < -0.4 is 11.1 Å². The van der Waals surface area contributed by atoms with E-state index in [4.69, 9.17) is 18.0 Å². The fourth-order valence-corrected chi connectivity index (χ4v) is 4.30. The van der Waals surface area contributed by atoms with Gasteiger partial charge in [-0.3, -0.25) is 4.79 Å². The molecular formula is C16H22N2OS2. The van der Waals surface area contributed by atoms with Gasteiger partial charge in [-0.2, -0.15) is 11.8 Å². The summed E-state index contributed by atoms with van der Waals surface area (Å²) in [5.74, 6) is 0.477. The van der Waals surface area contributed by atoms with E-state index in [9.17, 15) is 4.79 Å². The molecule has 3 atom stereocenters. The summed E-state index contributed by atoms with van der Waals surface area (Å²) in [5, 5.41) is 3.68. The lowest BCUT2D eigenvalue weighted by Gasteiger charge is -2.23. The van der Waals surface area contributed by atoms with Gasteiger partial charge in [-0.05, 0) is 24.2 Å². The van der Waals surface area contributed by atoms with Crippen LogP contribution in [0, 0.1) is 0 Å². The number of thioether (sulfide) groups is 1. The summed E-state index contributed by atoms with van der Waals surface area (Å²) in [6.45, 7) is 2.16. The maximum absolute atomic E-state index is 12.6. The van der Waals surface area contributed by atoms with Crippen molar-refractivity contribution in [2.24, 2.45) is 5.73 Å². The quantitative estimate of drug-likeness (QED) is 0.791. The SMILES string of the molecule is CCSC1CCCC1NC(=O)C(C(N)=S)c1ccccc1. The summed E-state index contributed by atoms with van der Waals surface area (Å²) in [6, 6.07) is 9.76. The maximum Gasteiger partial charge on any atom is 0.234 e. The molecule has 1 aromatic rings. The van der Waals surface area contributed by atoms with E-state index in [2.05, 4.69) is 12.2 Å². The van der Waals surface area contributed by atoms with Gasteiger partial charge < -0.3 is 11.1 Å². The molecule has 0 saturated heterocycles. The van der Waals surface area contributed by atoms with Crippen molar-refractivity contribution in [3.8, 4) is 0 Å². The average molecular weight is 322 g/mol. The van der Waals surface area contributed by atoms with Crippen LogP contribution in [0.1, 0.15) is 37.7 Å². The van der Waals surface area contributed by atoms with Crippen LogP contribution in [0.3, 0.4) is 0 Å². The zero-order valence-corrected chi connectivity index (χ0v) is 13.9. The summed E-state index contributed by atoms with van der Waals surface area (Å²) < 4.78 is 0. The molecule has 1 aliphatic rings. The van der Waals surface area contributed by atoms with Crippen molar-refractivity contribution < 1.29 is 4.79 Å². The summed E-state index contributed by atoms with van der Waals surface area (Å²) in [4.78, 5) is 12.8. The minimum absolute atomic E-state index is 0.0673. The molecule has 1 amide bonds. The maximum atomic E-state index is 12.6. The molecule has 1 fully saturated rings. The van der Waals surface area contributed by atoms with Crippen molar-refractivity contribution in [3.05, 3.63) is 35.9 Å². The molecule has 2 rings (SSSR count). The number of amides is 1. The van der Waals surface area contributed by atoms with Crippen molar-refractivity contribution in [1.29, 1.82) is 0 Å². The van der Waals surface area contributed by atoms with Gasteiger partial charge >= 0.3 is 0 Å². The van der Waals surface area contributed by atoms with Crippen molar-refractivity contribution in [3.63, 3.8) is 0 Å². The highest BCUT2D eigenvalue weighted by molar-refractivity contribution is 7.99. The van der Waals surface area contributed by atoms with Gasteiger partial charge in [0.05, 0.1) is 4.99 Å². The van der Waals surface area contributed by atoms with E-state index < -0.39 is 5.92 Å². The molecule has 0 aromatic heterocycles. The Kier molecular flexibility index (Phi) is 6.06. The zero-order valence-electron chi connectivity index (χ0n) is 12.2. The number of nitrogens with one attached hydrogen (secondary N) is 1. The van der Waals surface area contributed by atoms with E-state index in [1.165, 1.54) is 12.8 Å². The van der Waals surface area contributed by atoms with E-state index in [0.29, 0.717) is 5.25 Å². The van der Waals surface area contributed by atoms with Crippen molar-refractivity contribution >= 4 is 34.9 Å².